The summed E-state index contributed by atoms with van der Waals surface area (Å²) in [6, 6.07) is 17.5. The molecule has 9 nitrogen and oxygen atoms in total. The summed E-state index contributed by atoms with van der Waals surface area (Å²) in [7, 11) is -2.56. The summed E-state index contributed by atoms with van der Waals surface area (Å²) in [5.41, 5.74) is 9.05. The molecular weight excluding hydrogens is 576 g/mol. The number of rotatable bonds is 9. The number of methoxy groups -OCH3 is 1. The molecule has 4 atom stereocenters. The van der Waals surface area contributed by atoms with E-state index in [4.69, 9.17) is 22.1 Å². The third kappa shape index (κ3) is 5.64. The van der Waals surface area contributed by atoms with Crippen LogP contribution in [0.4, 0.5) is 5.69 Å². The van der Waals surface area contributed by atoms with Crippen LogP contribution in [0.1, 0.15) is 35.4 Å². The Morgan fingerprint density at radius 1 is 0.976 bits per heavy atom. The number of benzene rings is 3. The molecule has 2 heterocycles. The van der Waals surface area contributed by atoms with Crippen molar-refractivity contribution >= 4 is 39.1 Å². The number of primary amides is 1. The molecular formula is C31H35ClN4O5S. The maximum atomic E-state index is 14.1. The van der Waals surface area contributed by atoms with E-state index in [0.717, 1.165) is 11.1 Å². The first kappa shape index (κ1) is 30.0. The van der Waals surface area contributed by atoms with Crippen LogP contribution in [-0.4, -0.2) is 67.8 Å². The fourth-order valence-electron chi connectivity index (χ4n) is 6.34. The smallest absolute Gasteiger partial charge is 0.247 e. The van der Waals surface area contributed by atoms with Crippen molar-refractivity contribution in [3.8, 4) is 5.75 Å². The molecule has 11 heteroatoms. The Labute approximate surface area is 251 Å². The number of nitrogens with one attached hydrogen (secondary N) is 1. The van der Waals surface area contributed by atoms with Crippen molar-refractivity contribution in [1.29, 1.82) is 0 Å². The molecule has 2 saturated heterocycles. The number of sulfonamides is 1. The maximum Gasteiger partial charge on any atom is 0.247 e. The molecule has 2 amide bonds. The number of aryl methyl sites for hydroxylation is 2. The Balaban J connectivity index is 1.53. The number of nitrogens with two attached hydrogens (primary N) is 1. The zero-order chi connectivity index (χ0) is 30.2. The van der Waals surface area contributed by atoms with Crippen LogP contribution in [0.2, 0.25) is 5.02 Å². The van der Waals surface area contributed by atoms with E-state index >= 15 is 0 Å². The zero-order valence-corrected chi connectivity index (χ0v) is 25.4. The fraction of sp³-hybridized carbons (Fsp3) is 0.355. The van der Waals surface area contributed by atoms with Crippen molar-refractivity contribution in [2.45, 2.75) is 55.6 Å². The number of anilines is 1. The Morgan fingerprint density at radius 2 is 1.60 bits per heavy atom. The lowest BCUT2D eigenvalue weighted by Gasteiger charge is -2.44. The van der Waals surface area contributed by atoms with Crippen LogP contribution in [0.25, 0.3) is 0 Å². The Bertz CT molecular complexity index is 1600. The van der Waals surface area contributed by atoms with E-state index in [9.17, 15) is 18.0 Å². The number of nitrogens with zero attached hydrogens (tertiary/aromatic N) is 2. The summed E-state index contributed by atoms with van der Waals surface area (Å²) in [6.07, 6.45) is 1.22. The second-order valence-electron chi connectivity index (χ2n) is 11.0. The molecule has 2 aliphatic heterocycles. The van der Waals surface area contributed by atoms with E-state index in [1.807, 2.05) is 67.3 Å². The average molecular weight is 611 g/mol. The van der Waals surface area contributed by atoms with Gasteiger partial charge in [-0.05, 0) is 67.6 Å². The number of halogens is 1. The number of para-hydroxylation sites is 1. The molecule has 3 aromatic rings. The summed E-state index contributed by atoms with van der Waals surface area (Å²) in [6.45, 7) is 4.28. The molecule has 0 saturated carbocycles. The summed E-state index contributed by atoms with van der Waals surface area (Å²) >= 11 is 6.18. The van der Waals surface area contributed by atoms with Gasteiger partial charge in [-0.3, -0.25) is 14.5 Å². The van der Waals surface area contributed by atoms with Crippen molar-refractivity contribution in [2.24, 2.45) is 5.73 Å². The van der Waals surface area contributed by atoms with Gasteiger partial charge in [0.05, 0.1) is 13.0 Å². The van der Waals surface area contributed by atoms with Gasteiger partial charge < -0.3 is 15.8 Å². The predicted octanol–water partition coefficient (Wildman–Crippen LogP) is 4.08. The standard InChI is InChI=1S/C31H35ClN4O5S/c1-19-8-4-6-10-24(19)28(30(33)37)29(31(38)34-25-11-7-5-9-20(25)2)35-17-22-13-14-23(18-35)36(22)42(39,40)27-16-21(32)12-15-26(27)41-3/h4-12,15-16,22-23,28-29H,13-14,17-18H2,1-3H3,(H2,33,37)(H,34,38). The summed E-state index contributed by atoms with van der Waals surface area (Å²) < 4.78 is 34.9. The molecule has 4 unspecified atom stereocenters. The van der Waals surface area contributed by atoms with Gasteiger partial charge in [0, 0.05) is 35.9 Å². The Hall–Kier alpha value is -3.44. The number of carbonyl (C=O) groups excluding carboxylic acids is 2. The van der Waals surface area contributed by atoms with E-state index in [1.165, 1.54) is 17.5 Å². The van der Waals surface area contributed by atoms with Crippen LogP contribution in [0, 0.1) is 13.8 Å². The molecule has 2 aliphatic rings. The van der Waals surface area contributed by atoms with Gasteiger partial charge in [0.25, 0.3) is 0 Å². The predicted molar refractivity (Wildman–Crippen MR) is 162 cm³/mol. The van der Waals surface area contributed by atoms with Gasteiger partial charge in [0.15, 0.2) is 0 Å². The first-order chi connectivity index (χ1) is 20.0. The highest BCUT2D eigenvalue weighted by Gasteiger charge is 2.51. The van der Waals surface area contributed by atoms with Gasteiger partial charge in [0.2, 0.25) is 21.8 Å². The third-order valence-electron chi connectivity index (χ3n) is 8.34. The molecule has 3 aromatic carbocycles. The maximum absolute atomic E-state index is 14.1. The zero-order valence-electron chi connectivity index (χ0n) is 23.8. The monoisotopic (exact) mass is 610 g/mol. The number of hydrogen-bond donors (Lipinski definition) is 2. The van der Waals surface area contributed by atoms with Crippen LogP contribution < -0.4 is 15.8 Å². The number of fused-ring (bicyclic) bond motifs is 2. The lowest BCUT2D eigenvalue weighted by molar-refractivity contribution is -0.130. The van der Waals surface area contributed by atoms with Crippen molar-refractivity contribution in [3.05, 3.63) is 88.4 Å². The van der Waals surface area contributed by atoms with Crippen LogP contribution in [0.3, 0.4) is 0 Å². The molecule has 5 rings (SSSR count). The molecule has 0 spiro atoms. The molecule has 2 fully saturated rings. The molecule has 2 bridgehead atoms. The summed E-state index contributed by atoms with van der Waals surface area (Å²) in [4.78, 5) is 29.2. The van der Waals surface area contributed by atoms with Gasteiger partial charge in [0.1, 0.15) is 16.7 Å². The van der Waals surface area contributed by atoms with Gasteiger partial charge in [-0.15, -0.1) is 0 Å². The highest BCUT2D eigenvalue weighted by Crippen LogP contribution is 2.40. The lowest BCUT2D eigenvalue weighted by Crippen LogP contribution is -2.62. The first-order valence-electron chi connectivity index (χ1n) is 13.9. The Kier molecular flexibility index (Phi) is 8.61. The molecule has 222 valence electrons. The molecule has 3 N–H and O–H groups in total. The van der Waals surface area contributed by atoms with Crippen molar-refractivity contribution in [3.63, 3.8) is 0 Å². The molecule has 0 aliphatic carbocycles. The normalized spacial score (nSPS) is 20.6. The van der Waals surface area contributed by atoms with Gasteiger partial charge in [-0.1, -0.05) is 54.1 Å². The minimum Gasteiger partial charge on any atom is -0.495 e. The highest BCUT2D eigenvalue weighted by atomic mass is 35.5. The van der Waals surface area contributed by atoms with Crippen molar-refractivity contribution in [2.75, 3.05) is 25.5 Å². The van der Waals surface area contributed by atoms with E-state index in [0.29, 0.717) is 24.1 Å². The van der Waals surface area contributed by atoms with Crippen LogP contribution in [0.5, 0.6) is 5.75 Å². The Morgan fingerprint density at radius 3 is 2.19 bits per heavy atom. The van der Waals surface area contributed by atoms with E-state index in [-0.39, 0.29) is 34.7 Å². The average Bonchev–Trinajstić information content (AvgIpc) is 3.24. The highest BCUT2D eigenvalue weighted by molar-refractivity contribution is 7.89. The topological polar surface area (TPSA) is 122 Å². The van der Waals surface area contributed by atoms with Gasteiger partial charge >= 0.3 is 0 Å². The second-order valence-corrected chi connectivity index (χ2v) is 13.2. The minimum absolute atomic E-state index is 0.00613. The van der Waals surface area contributed by atoms with Crippen LogP contribution in [0.15, 0.2) is 71.6 Å². The molecule has 0 aromatic heterocycles. The summed E-state index contributed by atoms with van der Waals surface area (Å²) in [5.74, 6) is -1.74. The number of hydrogen-bond acceptors (Lipinski definition) is 6. The third-order valence-corrected chi connectivity index (χ3v) is 10.6. The minimum atomic E-state index is -3.98. The lowest BCUT2D eigenvalue weighted by atomic mass is 9.85. The summed E-state index contributed by atoms with van der Waals surface area (Å²) in [5, 5.41) is 3.31. The van der Waals surface area contributed by atoms with Crippen LogP contribution in [-0.2, 0) is 19.6 Å². The van der Waals surface area contributed by atoms with E-state index in [1.54, 1.807) is 12.1 Å². The number of piperazine rings is 1. The SMILES string of the molecule is COc1ccc(Cl)cc1S(=O)(=O)N1C2CCC1CN(C(C(=O)Nc1ccccc1C)C(C(N)=O)c1ccccc1C)C2. The van der Waals surface area contributed by atoms with E-state index < -0.39 is 40.0 Å². The van der Waals surface area contributed by atoms with Gasteiger partial charge in [-0.2, -0.15) is 4.31 Å². The number of amides is 2. The van der Waals surface area contributed by atoms with Crippen LogP contribution >= 0.6 is 11.6 Å². The number of ether oxygens (including phenoxy) is 1. The van der Waals surface area contributed by atoms with Crippen molar-refractivity contribution in [1.82, 2.24) is 9.21 Å². The largest absolute Gasteiger partial charge is 0.495 e. The molecule has 0 radical (unpaired) electrons. The van der Waals surface area contributed by atoms with E-state index in [2.05, 4.69) is 5.32 Å². The molecule has 42 heavy (non-hydrogen) atoms. The number of likely N-dealkylation sites (tertiary alicyclic amines) is 1. The van der Waals surface area contributed by atoms with Crippen molar-refractivity contribution < 1.29 is 22.7 Å². The fourth-order valence-corrected chi connectivity index (χ4v) is 8.62. The number of carbonyl (C=O) groups is 2. The quantitative estimate of drug-likeness (QED) is 0.377. The second kappa shape index (κ2) is 12.0. The first-order valence-corrected chi connectivity index (χ1v) is 15.7. The van der Waals surface area contributed by atoms with Gasteiger partial charge in [-0.25, -0.2) is 8.42 Å².